The zero-order chi connectivity index (χ0) is 12.1. The van der Waals surface area contributed by atoms with Crippen molar-refractivity contribution in [2.45, 2.75) is 13.8 Å². The number of carboxylic acid groups (broad SMARTS) is 1. The number of ketones is 1. The SMILES string of the molecule is CCOc1ccc(C(=O)C(C)C(=O)O)cc1. The minimum absolute atomic E-state index is 0.387. The Hall–Kier alpha value is -1.84. The molecule has 1 N–H and O–H groups in total. The Kier molecular flexibility index (Phi) is 4.05. The minimum Gasteiger partial charge on any atom is -0.494 e. The van der Waals surface area contributed by atoms with Crippen molar-refractivity contribution in [3.8, 4) is 5.75 Å². The van der Waals surface area contributed by atoms with Gasteiger partial charge in [0.25, 0.3) is 0 Å². The highest BCUT2D eigenvalue weighted by molar-refractivity contribution is 6.07. The average molecular weight is 222 g/mol. The molecule has 0 saturated carbocycles. The Morgan fingerprint density at radius 1 is 1.31 bits per heavy atom. The van der Waals surface area contributed by atoms with E-state index in [9.17, 15) is 9.59 Å². The normalized spacial score (nSPS) is 11.9. The molecule has 16 heavy (non-hydrogen) atoms. The molecule has 0 aliphatic heterocycles. The van der Waals surface area contributed by atoms with Crippen molar-refractivity contribution in [2.75, 3.05) is 6.61 Å². The second kappa shape index (κ2) is 5.30. The molecule has 0 radical (unpaired) electrons. The maximum absolute atomic E-state index is 11.6. The monoisotopic (exact) mass is 222 g/mol. The number of benzene rings is 1. The first-order chi connectivity index (χ1) is 7.56. The molecule has 4 nitrogen and oxygen atoms in total. The molecule has 1 aromatic rings. The van der Waals surface area contributed by atoms with Crippen LogP contribution in [0.5, 0.6) is 5.75 Å². The molecular formula is C12H14O4. The number of hydrogen-bond donors (Lipinski definition) is 1. The van der Waals surface area contributed by atoms with E-state index in [4.69, 9.17) is 9.84 Å². The molecule has 0 fully saturated rings. The van der Waals surface area contributed by atoms with Gasteiger partial charge in [-0.3, -0.25) is 9.59 Å². The van der Waals surface area contributed by atoms with Crippen molar-refractivity contribution in [3.05, 3.63) is 29.8 Å². The van der Waals surface area contributed by atoms with Gasteiger partial charge in [0.05, 0.1) is 6.61 Å². The molecule has 86 valence electrons. The van der Waals surface area contributed by atoms with Gasteiger partial charge in [-0.1, -0.05) is 0 Å². The summed E-state index contributed by atoms with van der Waals surface area (Å²) >= 11 is 0. The molecule has 0 bridgehead atoms. The molecule has 1 atom stereocenters. The molecule has 0 saturated heterocycles. The van der Waals surface area contributed by atoms with E-state index in [1.165, 1.54) is 6.92 Å². The van der Waals surface area contributed by atoms with E-state index in [0.29, 0.717) is 17.9 Å². The molecule has 0 spiro atoms. The molecule has 0 aliphatic rings. The van der Waals surface area contributed by atoms with Gasteiger partial charge in [-0.05, 0) is 38.1 Å². The maximum atomic E-state index is 11.6. The summed E-state index contributed by atoms with van der Waals surface area (Å²) in [7, 11) is 0. The van der Waals surface area contributed by atoms with Crippen LogP contribution in [0.25, 0.3) is 0 Å². The number of carboxylic acids is 1. The van der Waals surface area contributed by atoms with E-state index in [0.717, 1.165) is 0 Å². The molecular weight excluding hydrogens is 208 g/mol. The third-order valence-electron chi connectivity index (χ3n) is 2.21. The van der Waals surface area contributed by atoms with Crippen molar-refractivity contribution in [1.82, 2.24) is 0 Å². The standard InChI is InChI=1S/C12H14O4/c1-3-16-10-6-4-9(5-7-10)11(13)8(2)12(14)15/h4-8H,3H2,1-2H3,(H,14,15). The van der Waals surface area contributed by atoms with Crippen LogP contribution in [0.15, 0.2) is 24.3 Å². The third-order valence-corrected chi connectivity index (χ3v) is 2.21. The number of carbonyl (C=O) groups excluding carboxylic acids is 1. The Labute approximate surface area is 93.9 Å². The number of ether oxygens (including phenoxy) is 1. The van der Waals surface area contributed by atoms with Crippen LogP contribution in [0.2, 0.25) is 0 Å². The van der Waals surface area contributed by atoms with E-state index in [-0.39, 0.29) is 0 Å². The first kappa shape index (κ1) is 12.2. The molecule has 1 aromatic carbocycles. The maximum Gasteiger partial charge on any atom is 0.314 e. The van der Waals surface area contributed by atoms with Gasteiger partial charge in [0.1, 0.15) is 11.7 Å². The van der Waals surface area contributed by atoms with Gasteiger partial charge in [-0.2, -0.15) is 0 Å². The van der Waals surface area contributed by atoms with Crippen molar-refractivity contribution >= 4 is 11.8 Å². The number of rotatable bonds is 5. The summed E-state index contributed by atoms with van der Waals surface area (Å²) < 4.78 is 5.22. The van der Waals surface area contributed by atoms with Crippen LogP contribution in [0.3, 0.4) is 0 Å². The third kappa shape index (κ3) is 2.82. The lowest BCUT2D eigenvalue weighted by Crippen LogP contribution is -2.20. The van der Waals surface area contributed by atoms with Gasteiger partial charge in [-0.15, -0.1) is 0 Å². The number of hydrogen-bond acceptors (Lipinski definition) is 3. The highest BCUT2D eigenvalue weighted by atomic mass is 16.5. The number of aliphatic carboxylic acids is 1. The molecule has 0 amide bonds. The molecule has 0 aromatic heterocycles. The molecule has 1 unspecified atom stereocenters. The fraction of sp³-hybridized carbons (Fsp3) is 0.333. The van der Waals surface area contributed by atoms with E-state index in [1.807, 2.05) is 6.92 Å². The Morgan fingerprint density at radius 3 is 2.31 bits per heavy atom. The zero-order valence-corrected chi connectivity index (χ0v) is 9.27. The average Bonchev–Trinajstić information content (AvgIpc) is 2.28. The van der Waals surface area contributed by atoms with Crippen LogP contribution >= 0.6 is 0 Å². The van der Waals surface area contributed by atoms with Crippen LogP contribution in [0.1, 0.15) is 24.2 Å². The van der Waals surface area contributed by atoms with E-state index in [2.05, 4.69) is 0 Å². The van der Waals surface area contributed by atoms with Crippen LogP contribution in [-0.4, -0.2) is 23.5 Å². The minimum atomic E-state index is -1.11. The molecule has 1 rings (SSSR count). The largest absolute Gasteiger partial charge is 0.494 e. The van der Waals surface area contributed by atoms with Crippen molar-refractivity contribution in [3.63, 3.8) is 0 Å². The fourth-order valence-corrected chi connectivity index (χ4v) is 1.24. The van der Waals surface area contributed by atoms with Gasteiger partial charge in [-0.25, -0.2) is 0 Å². The van der Waals surface area contributed by atoms with E-state index in [1.54, 1.807) is 24.3 Å². The van der Waals surface area contributed by atoms with Crippen LogP contribution in [-0.2, 0) is 4.79 Å². The predicted molar refractivity (Wildman–Crippen MR) is 58.7 cm³/mol. The quantitative estimate of drug-likeness (QED) is 0.611. The lowest BCUT2D eigenvalue weighted by Gasteiger charge is -2.06. The summed E-state index contributed by atoms with van der Waals surface area (Å²) in [4.78, 5) is 22.3. The Morgan fingerprint density at radius 2 is 1.88 bits per heavy atom. The Balaban J connectivity index is 2.81. The molecule has 0 heterocycles. The summed E-state index contributed by atoms with van der Waals surface area (Å²) in [6.07, 6.45) is 0. The second-order valence-electron chi connectivity index (χ2n) is 3.38. The van der Waals surface area contributed by atoms with Crippen LogP contribution in [0, 0.1) is 5.92 Å². The summed E-state index contributed by atoms with van der Waals surface area (Å²) in [5.74, 6) is -1.85. The van der Waals surface area contributed by atoms with Crippen LogP contribution in [0.4, 0.5) is 0 Å². The van der Waals surface area contributed by atoms with E-state index >= 15 is 0 Å². The highest BCUT2D eigenvalue weighted by Crippen LogP contribution is 2.15. The molecule has 0 aliphatic carbocycles. The fourth-order valence-electron chi connectivity index (χ4n) is 1.24. The van der Waals surface area contributed by atoms with Gasteiger partial charge in [0.15, 0.2) is 5.78 Å². The van der Waals surface area contributed by atoms with Gasteiger partial charge in [0, 0.05) is 5.56 Å². The first-order valence-electron chi connectivity index (χ1n) is 5.06. The van der Waals surface area contributed by atoms with Crippen molar-refractivity contribution < 1.29 is 19.4 Å². The molecule has 4 heteroatoms. The van der Waals surface area contributed by atoms with Crippen molar-refractivity contribution in [1.29, 1.82) is 0 Å². The number of Topliss-reactive ketones (excluding diaryl/α,β-unsaturated/α-hetero) is 1. The van der Waals surface area contributed by atoms with Gasteiger partial charge < -0.3 is 9.84 Å². The highest BCUT2D eigenvalue weighted by Gasteiger charge is 2.21. The zero-order valence-electron chi connectivity index (χ0n) is 9.27. The first-order valence-corrected chi connectivity index (χ1v) is 5.06. The lowest BCUT2D eigenvalue weighted by molar-refractivity contribution is -0.139. The van der Waals surface area contributed by atoms with Crippen LogP contribution < -0.4 is 4.74 Å². The summed E-state index contributed by atoms with van der Waals surface area (Å²) in [5.41, 5.74) is 0.387. The van der Waals surface area contributed by atoms with Gasteiger partial charge in [0.2, 0.25) is 0 Å². The smallest absolute Gasteiger partial charge is 0.314 e. The van der Waals surface area contributed by atoms with Gasteiger partial charge >= 0.3 is 5.97 Å². The summed E-state index contributed by atoms with van der Waals surface area (Å²) in [6, 6.07) is 6.47. The van der Waals surface area contributed by atoms with E-state index < -0.39 is 17.7 Å². The topological polar surface area (TPSA) is 63.6 Å². The summed E-state index contributed by atoms with van der Waals surface area (Å²) in [6.45, 7) is 3.80. The van der Waals surface area contributed by atoms with Crippen molar-refractivity contribution in [2.24, 2.45) is 5.92 Å². The lowest BCUT2D eigenvalue weighted by atomic mass is 10.00. The second-order valence-corrected chi connectivity index (χ2v) is 3.38. The predicted octanol–water partition coefficient (Wildman–Crippen LogP) is 1.99. The summed E-state index contributed by atoms with van der Waals surface area (Å²) in [5, 5.41) is 8.71. The number of carbonyl (C=O) groups is 2. The Bertz CT molecular complexity index is 381.